The van der Waals surface area contributed by atoms with Gasteiger partial charge < -0.3 is 14.2 Å². The fourth-order valence-corrected chi connectivity index (χ4v) is 3.71. The fraction of sp³-hybridized carbons (Fsp3) is 0.0741. The molecule has 3 aromatic carbocycles. The zero-order chi connectivity index (χ0) is 23.1. The highest BCUT2D eigenvalue weighted by molar-refractivity contribution is 6.18. The highest BCUT2D eigenvalue weighted by Crippen LogP contribution is 2.33. The van der Waals surface area contributed by atoms with Crippen molar-refractivity contribution in [2.24, 2.45) is 0 Å². The van der Waals surface area contributed by atoms with Gasteiger partial charge in [0.05, 0.1) is 11.1 Å². The molecule has 2 heterocycles. The fourth-order valence-electron chi connectivity index (χ4n) is 3.71. The SMILES string of the molecule is Cc1ccc(C(=O)c2oc3ccccc3c2NC(=O)c2cc(=O)c3ccc(C)cc3o2)cc1. The maximum absolute atomic E-state index is 13.2. The summed E-state index contributed by atoms with van der Waals surface area (Å²) in [6.45, 7) is 3.80. The highest BCUT2D eigenvalue weighted by atomic mass is 16.4. The number of amides is 1. The number of hydrogen-bond acceptors (Lipinski definition) is 5. The first-order valence-corrected chi connectivity index (χ1v) is 10.4. The second-order valence-corrected chi connectivity index (χ2v) is 7.93. The molecule has 5 aromatic rings. The number of furan rings is 1. The molecule has 0 radical (unpaired) electrons. The first-order chi connectivity index (χ1) is 15.9. The van der Waals surface area contributed by atoms with Gasteiger partial charge in [-0.05, 0) is 43.7 Å². The van der Waals surface area contributed by atoms with Crippen molar-refractivity contribution in [1.82, 2.24) is 0 Å². The number of fused-ring (bicyclic) bond motifs is 2. The average molecular weight is 437 g/mol. The number of para-hydroxylation sites is 1. The third-order valence-corrected chi connectivity index (χ3v) is 5.46. The smallest absolute Gasteiger partial charge is 0.291 e. The van der Waals surface area contributed by atoms with Gasteiger partial charge in [0, 0.05) is 17.0 Å². The molecule has 0 spiro atoms. The molecule has 6 nitrogen and oxygen atoms in total. The third-order valence-electron chi connectivity index (χ3n) is 5.46. The van der Waals surface area contributed by atoms with Crippen LogP contribution in [0.2, 0.25) is 0 Å². The lowest BCUT2D eigenvalue weighted by molar-refractivity contribution is 0.0997. The number of rotatable bonds is 4. The van der Waals surface area contributed by atoms with E-state index in [1.165, 1.54) is 0 Å². The van der Waals surface area contributed by atoms with Crippen molar-refractivity contribution in [3.8, 4) is 0 Å². The highest BCUT2D eigenvalue weighted by Gasteiger charge is 2.24. The van der Waals surface area contributed by atoms with Crippen LogP contribution in [-0.4, -0.2) is 11.7 Å². The Hall–Kier alpha value is -4.45. The molecule has 6 heteroatoms. The molecule has 1 N–H and O–H groups in total. The largest absolute Gasteiger partial charge is 0.451 e. The van der Waals surface area contributed by atoms with Crippen LogP contribution in [0.4, 0.5) is 5.69 Å². The summed E-state index contributed by atoms with van der Waals surface area (Å²) in [6.07, 6.45) is 0. The molecule has 33 heavy (non-hydrogen) atoms. The van der Waals surface area contributed by atoms with E-state index >= 15 is 0 Å². The molecule has 0 aliphatic carbocycles. The number of ketones is 1. The lowest BCUT2D eigenvalue weighted by Crippen LogP contribution is -2.16. The molecule has 0 bridgehead atoms. The van der Waals surface area contributed by atoms with Gasteiger partial charge in [-0.1, -0.05) is 48.0 Å². The number of anilines is 1. The van der Waals surface area contributed by atoms with Gasteiger partial charge in [0.25, 0.3) is 5.91 Å². The Bertz CT molecular complexity index is 1610. The Balaban J connectivity index is 1.59. The van der Waals surface area contributed by atoms with Crippen molar-refractivity contribution < 1.29 is 18.4 Å². The molecular weight excluding hydrogens is 418 g/mol. The standard InChI is InChI=1S/C27H19NO5/c1-15-7-10-17(11-8-15)25(30)26-24(19-5-3-4-6-21(19)33-26)28-27(31)23-14-20(29)18-12-9-16(2)13-22(18)32-23/h3-14H,1-2H3,(H,28,31). The molecular formula is C27H19NO5. The van der Waals surface area contributed by atoms with Crippen LogP contribution in [0.1, 0.15) is 37.8 Å². The van der Waals surface area contributed by atoms with E-state index in [-0.39, 0.29) is 28.4 Å². The molecule has 1 amide bonds. The van der Waals surface area contributed by atoms with Crippen molar-refractivity contribution in [2.45, 2.75) is 13.8 Å². The van der Waals surface area contributed by atoms with Gasteiger partial charge in [0.2, 0.25) is 5.78 Å². The summed E-state index contributed by atoms with van der Waals surface area (Å²) in [5, 5.41) is 3.69. The van der Waals surface area contributed by atoms with Crippen LogP contribution < -0.4 is 10.7 Å². The monoisotopic (exact) mass is 437 g/mol. The summed E-state index contributed by atoms with van der Waals surface area (Å²) < 4.78 is 11.6. The zero-order valence-corrected chi connectivity index (χ0v) is 18.0. The van der Waals surface area contributed by atoms with Crippen LogP contribution in [0, 0.1) is 13.8 Å². The Kier molecular flexibility index (Phi) is 4.90. The minimum Gasteiger partial charge on any atom is -0.451 e. The maximum Gasteiger partial charge on any atom is 0.291 e. The molecule has 0 saturated carbocycles. The molecule has 0 fully saturated rings. The van der Waals surface area contributed by atoms with Crippen molar-refractivity contribution in [3.63, 3.8) is 0 Å². The molecule has 0 aliphatic heterocycles. The summed E-state index contributed by atoms with van der Waals surface area (Å²) in [5.74, 6) is -1.17. The van der Waals surface area contributed by atoms with Gasteiger partial charge in [-0.25, -0.2) is 0 Å². The molecule has 2 aromatic heterocycles. The Morgan fingerprint density at radius 2 is 1.48 bits per heavy atom. The zero-order valence-electron chi connectivity index (χ0n) is 18.0. The van der Waals surface area contributed by atoms with E-state index in [0.717, 1.165) is 17.2 Å². The summed E-state index contributed by atoms with van der Waals surface area (Å²) >= 11 is 0. The molecule has 0 atom stereocenters. The van der Waals surface area contributed by atoms with Crippen LogP contribution in [0.15, 0.2) is 86.4 Å². The Morgan fingerprint density at radius 3 is 2.27 bits per heavy atom. The number of benzene rings is 3. The van der Waals surface area contributed by atoms with E-state index < -0.39 is 5.91 Å². The maximum atomic E-state index is 13.2. The second kappa shape index (κ2) is 7.91. The van der Waals surface area contributed by atoms with E-state index in [0.29, 0.717) is 27.5 Å². The van der Waals surface area contributed by atoms with Gasteiger partial charge >= 0.3 is 0 Å². The van der Waals surface area contributed by atoms with Crippen LogP contribution in [0.25, 0.3) is 21.9 Å². The van der Waals surface area contributed by atoms with E-state index in [2.05, 4.69) is 5.32 Å². The number of aryl methyl sites for hydroxylation is 2. The molecule has 0 saturated heterocycles. The van der Waals surface area contributed by atoms with Gasteiger partial charge in [-0.2, -0.15) is 0 Å². The van der Waals surface area contributed by atoms with E-state index in [1.807, 2.05) is 26.0 Å². The van der Waals surface area contributed by atoms with E-state index in [4.69, 9.17) is 8.83 Å². The Labute approximate surface area is 188 Å². The molecule has 0 aliphatic rings. The second-order valence-electron chi connectivity index (χ2n) is 7.93. The van der Waals surface area contributed by atoms with Crippen molar-refractivity contribution in [1.29, 1.82) is 0 Å². The van der Waals surface area contributed by atoms with Gasteiger partial charge in [0.1, 0.15) is 11.2 Å². The number of hydrogen-bond donors (Lipinski definition) is 1. The minimum absolute atomic E-state index is 0.00684. The molecule has 5 rings (SSSR count). The van der Waals surface area contributed by atoms with Crippen molar-refractivity contribution >= 4 is 39.3 Å². The van der Waals surface area contributed by atoms with Crippen LogP contribution in [0.3, 0.4) is 0 Å². The normalized spacial score (nSPS) is 11.1. The van der Waals surface area contributed by atoms with Crippen LogP contribution >= 0.6 is 0 Å². The van der Waals surface area contributed by atoms with Crippen molar-refractivity contribution in [2.75, 3.05) is 5.32 Å². The quantitative estimate of drug-likeness (QED) is 0.368. The minimum atomic E-state index is -0.653. The first-order valence-electron chi connectivity index (χ1n) is 10.4. The Morgan fingerprint density at radius 1 is 0.758 bits per heavy atom. The van der Waals surface area contributed by atoms with Gasteiger partial charge in [-0.15, -0.1) is 0 Å². The lowest BCUT2D eigenvalue weighted by atomic mass is 10.1. The van der Waals surface area contributed by atoms with E-state index in [9.17, 15) is 14.4 Å². The summed E-state index contributed by atoms with van der Waals surface area (Å²) in [5.41, 5.74) is 3.03. The van der Waals surface area contributed by atoms with Crippen molar-refractivity contribution in [3.05, 3.63) is 111 Å². The number of carbonyl (C=O) groups is 2. The van der Waals surface area contributed by atoms with E-state index in [1.54, 1.807) is 54.6 Å². The first kappa shape index (κ1) is 20.5. The summed E-state index contributed by atoms with van der Waals surface area (Å²) in [6, 6.07) is 20.4. The topological polar surface area (TPSA) is 89.5 Å². The lowest BCUT2D eigenvalue weighted by Gasteiger charge is -2.07. The summed E-state index contributed by atoms with van der Waals surface area (Å²) in [4.78, 5) is 38.8. The predicted octanol–water partition coefficient (Wildman–Crippen LogP) is 5.64. The molecule has 162 valence electrons. The average Bonchev–Trinajstić information content (AvgIpc) is 3.17. The number of nitrogens with one attached hydrogen (secondary N) is 1. The summed E-state index contributed by atoms with van der Waals surface area (Å²) in [7, 11) is 0. The third kappa shape index (κ3) is 3.72. The van der Waals surface area contributed by atoms with Crippen LogP contribution in [0.5, 0.6) is 0 Å². The van der Waals surface area contributed by atoms with Gasteiger partial charge in [0.15, 0.2) is 16.9 Å². The molecule has 0 unspecified atom stereocenters. The van der Waals surface area contributed by atoms with Gasteiger partial charge in [-0.3, -0.25) is 14.4 Å². The van der Waals surface area contributed by atoms with Crippen LogP contribution in [-0.2, 0) is 0 Å². The number of carbonyl (C=O) groups excluding carboxylic acids is 2. The predicted molar refractivity (Wildman–Crippen MR) is 126 cm³/mol.